The fourth-order valence-corrected chi connectivity index (χ4v) is 2.43. The van der Waals surface area contributed by atoms with E-state index in [-0.39, 0.29) is 0 Å². The maximum absolute atomic E-state index is 9.98. The number of nitrogens with zero attached hydrogens (tertiary/aromatic N) is 1. The van der Waals surface area contributed by atoms with E-state index in [1.54, 1.807) is 0 Å². The van der Waals surface area contributed by atoms with E-state index in [1.165, 1.54) is 16.8 Å². The van der Waals surface area contributed by atoms with E-state index in [0.29, 0.717) is 0 Å². The Bertz CT molecular complexity index is 401. The first-order valence-electron chi connectivity index (χ1n) is 6.23. The van der Waals surface area contributed by atoms with Crippen LogP contribution in [0, 0.1) is 6.92 Å². The van der Waals surface area contributed by atoms with Crippen LogP contribution in [0.5, 0.6) is 0 Å². The number of hydrogen-bond acceptors (Lipinski definition) is 3. The van der Waals surface area contributed by atoms with E-state index in [4.69, 9.17) is 0 Å². The summed E-state index contributed by atoms with van der Waals surface area (Å²) in [5, 5.41) is 13.2. The minimum atomic E-state index is -0.530. The van der Waals surface area contributed by atoms with Crippen molar-refractivity contribution in [3.63, 3.8) is 0 Å². The first-order chi connectivity index (χ1) is 8.02. The summed E-state index contributed by atoms with van der Waals surface area (Å²) in [5.41, 5.74) is 3.34. The van der Waals surface area contributed by atoms with E-state index in [2.05, 4.69) is 35.3 Å². The number of anilines is 1. The standard InChI is InChI=1S/C14H22N2O/c1-11-8-13(5-4-12(11)9-15-3)16-7-6-14(2,17)10-16/h4-5,8,15,17H,6-7,9-10H2,1-3H3. The normalized spacial score (nSPS) is 24.4. The van der Waals surface area contributed by atoms with Gasteiger partial charge in [-0.15, -0.1) is 0 Å². The molecule has 2 rings (SSSR count). The summed E-state index contributed by atoms with van der Waals surface area (Å²) in [6.45, 7) is 6.64. The Balaban J connectivity index is 2.15. The van der Waals surface area contributed by atoms with Gasteiger partial charge in [0.2, 0.25) is 0 Å². The van der Waals surface area contributed by atoms with Crippen LogP contribution in [0.3, 0.4) is 0 Å². The summed E-state index contributed by atoms with van der Waals surface area (Å²) >= 11 is 0. The third-order valence-corrected chi connectivity index (χ3v) is 3.51. The summed E-state index contributed by atoms with van der Waals surface area (Å²) in [7, 11) is 1.96. The molecule has 0 spiro atoms. The molecule has 0 bridgehead atoms. The third-order valence-electron chi connectivity index (χ3n) is 3.51. The van der Waals surface area contributed by atoms with Crippen molar-refractivity contribution in [2.24, 2.45) is 0 Å². The van der Waals surface area contributed by atoms with Crippen LogP contribution in [0.1, 0.15) is 24.5 Å². The molecule has 1 aliphatic heterocycles. The molecule has 1 unspecified atom stereocenters. The summed E-state index contributed by atoms with van der Waals surface area (Å²) in [6.07, 6.45) is 0.852. The van der Waals surface area contributed by atoms with Gasteiger partial charge in [0.05, 0.1) is 5.60 Å². The molecule has 3 heteroatoms. The molecule has 3 nitrogen and oxygen atoms in total. The zero-order chi connectivity index (χ0) is 12.5. The molecule has 0 saturated carbocycles. The minimum Gasteiger partial charge on any atom is -0.388 e. The Labute approximate surface area is 103 Å². The molecule has 0 aliphatic carbocycles. The fourth-order valence-electron chi connectivity index (χ4n) is 2.43. The second-order valence-electron chi connectivity index (χ2n) is 5.31. The topological polar surface area (TPSA) is 35.5 Å². The summed E-state index contributed by atoms with van der Waals surface area (Å²) in [4.78, 5) is 2.26. The molecule has 1 aromatic carbocycles. The van der Waals surface area contributed by atoms with Crippen molar-refractivity contribution in [2.45, 2.75) is 32.4 Å². The van der Waals surface area contributed by atoms with Crippen LogP contribution < -0.4 is 10.2 Å². The van der Waals surface area contributed by atoms with Crippen molar-refractivity contribution in [1.82, 2.24) is 5.32 Å². The average molecular weight is 234 g/mol. The molecule has 1 atom stereocenters. The van der Waals surface area contributed by atoms with E-state index >= 15 is 0 Å². The van der Waals surface area contributed by atoms with Crippen LogP contribution in [0.25, 0.3) is 0 Å². The highest BCUT2D eigenvalue weighted by molar-refractivity contribution is 5.52. The van der Waals surface area contributed by atoms with Gasteiger partial charge in [0, 0.05) is 25.3 Å². The summed E-state index contributed by atoms with van der Waals surface area (Å²) < 4.78 is 0. The van der Waals surface area contributed by atoms with Gasteiger partial charge in [-0.2, -0.15) is 0 Å². The molecule has 1 heterocycles. The molecule has 0 amide bonds. The maximum Gasteiger partial charge on any atom is 0.0810 e. The highest BCUT2D eigenvalue weighted by Gasteiger charge is 2.31. The van der Waals surface area contributed by atoms with E-state index in [1.807, 2.05) is 14.0 Å². The van der Waals surface area contributed by atoms with Crippen LogP contribution in [-0.4, -0.2) is 30.8 Å². The molecule has 0 aromatic heterocycles. The number of aliphatic hydroxyl groups is 1. The zero-order valence-corrected chi connectivity index (χ0v) is 11.0. The van der Waals surface area contributed by atoms with Crippen LogP contribution >= 0.6 is 0 Å². The lowest BCUT2D eigenvalue weighted by molar-refractivity contribution is 0.0839. The highest BCUT2D eigenvalue weighted by Crippen LogP contribution is 2.27. The van der Waals surface area contributed by atoms with Gasteiger partial charge in [-0.05, 0) is 50.6 Å². The molecule has 1 aliphatic rings. The van der Waals surface area contributed by atoms with Gasteiger partial charge in [0.15, 0.2) is 0 Å². The summed E-state index contributed by atoms with van der Waals surface area (Å²) in [6, 6.07) is 6.54. The van der Waals surface area contributed by atoms with E-state index < -0.39 is 5.60 Å². The lowest BCUT2D eigenvalue weighted by Gasteiger charge is -2.22. The largest absolute Gasteiger partial charge is 0.388 e. The van der Waals surface area contributed by atoms with Crippen LogP contribution in [-0.2, 0) is 6.54 Å². The van der Waals surface area contributed by atoms with E-state index in [0.717, 1.165) is 26.1 Å². The van der Waals surface area contributed by atoms with Crippen molar-refractivity contribution in [3.8, 4) is 0 Å². The zero-order valence-electron chi connectivity index (χ0n) is 11.0. The molecular formula is C14H22N2O. The summed E-state index contributed by atoms with van der Waals surface area (Å²) in [5.74, 6) is 0. The maximum atomic E-state index is 9.98. The van der Waals surface area contributed by atoms with Crippen molar-refractivity contribution in [2.75, 3.05) is 25.0 Å². The molecule has 1 saturated heterocycles. The van der Waals surface area contributed by atoms with Gasteiger partial charge in [-0.1, -0.05) is 6.07 Å². The number of nitrogens with one attached hydrogen (secondary N) is 1. The van der Waals surface area contributed by atoms with Gasteiger partial charge >= 0.3 is 0 Å². The average Bonchev–Trinajstić information content (AvgIpc) is 2.62. The Morgan fingerprint density at radius 1 is 1.47 bits per heavy atom. The lowest BCUT2D eigenvalue weighted by atomic mass is 10.1. The fraction of sp³-hybridized carbons (Fsp3) is 0.571. The Morgan fingerprint density at radius 2 is 2.24 bits per heavy atom. The number of benzene rings is 1. The molecule has 1 fully saturated rings. The van der Waals surface area contributed by atoms with Gasteiger partial charge < -0.3 is 15.3 Å². The van der Waals surface area contributed by atoms with Gasteiger partial charge in [0.1, 0.15) is 0 Å². The second-order valence-corrected chi connectivity index (χ2v) is 5.31. The monoisotopic (exact) mass is 234 g/mol. The van der Waals surface area contributed by atoms with Crippen LogP contribution in [0.4, 0.5) is 5.69 Å². The van der Waals surface area contributed by atoms with Crippen molar-refractivity contribution < 1.29 is 5.11 Å². The molecule has 1 aromatic rings. The number of hydrogen-bond donors (Lipinski definition) is 2. The van der Waals surface area contributed by atoms with Gasteiger partial charge in [0.25, 0.3) is 0 Å². The Morgan fingerprint density at radius 3 is 2.76 bits per heavy atom. The minimum absolute atomic E-state index is 0.530. The molecule has 2 N–H and O–H groups in total. The van der Waals surface area contributed by atoms with E-state index in [9.17, 15) is 5.11 Å². The molecule has 94 valence electrons. The SMILES string of the molecule is CNCc1ccc(N2CCC(C)(O)C2)cc1C. The van der Waals surface area contributed by atoms with Gasteiger partial charge in [-0.3, -0.25) is 0 Å². The first kappa shape index (κ1) is 12.4. The number of rotatable bonds is 3. The molecule has 0 radical (unpaired) electrons. The Hall–Kier alpha value is -1.06. The van der Waals surface area contributed by atoms with Crippen molar-refractivity contribution in [3.05, 3.63) is 29.3 Å². The van der Waals surface area contributed by atoms with Crippen molar-refractivity contribution >= 4 is 5.69 Å². The highest BCUT2D eigenvalue weighted by atomic mass is 16.3. The van der Waals surface area contributed by atoms with Gasteiger partial charge in [-0.25, -0.2) is 0 Å². The quantitative estimate of drug-likeness (QED) is 0.835. The third kappa shape index (κ3) is 2.79. The van der Waals surface area contributed by atoms with Crippen molar-refractivity contribution in [1.29, 1.82) is 0 Å². The lowest BCUT2D eigenvalue weighted by Crippen LogP contribution is -2.29. The molecule has 17 heavy (non-hydrogen) atoms. The van der Waals surface area contributed by atoms with Crippen LogP contribution in [0.2, 0.25) is 0 Å². The van der Waals surface area contributed by atoms with Crippen LogP contribution in [0.15, 0.2) is 18.2 Å². The second kappa shape index (κ2) is 4.67. The predicted molar refractivity (Wildman–Crippen MR) is 71.4 cm³/mol. The Kier molecular flexibility index (Phi) is 3.40. The number of β-amino-alcohol motifs (C(OH)–C–C–N with tert-alkyl or cyclic N) is 1. The smallest absolute Gasteiger partial charge is 0.0810 e. The first-order valence-corrected chi connectivity index (χ1v) is 6.23. The molecular weight excluding hydrogens is 212 g/mol. The number of aryl methyl sites for hydroxylation is 1. The predicted octanol–water partition coefficient (Wildman–Crippen LogP) is 1.68.